The van der Waals surface area contributed by atoms with Crippen molar-refractivity contribution in [1.82, 2.24) is 10.2 Å². The summed E-state index contributed by atoms with van der Waals surface area (Å²) in [4.78, 5) is 2.50. The topological polar surface area (TPSA) is 44.7 Å². The molecule has 4 nitrogen and oxygen atoms in total. The summed E-state index contributed by atoms with van der Waals surface area (Å²) in [6.07, 6.45) is 5.95. The maximum atomic E-state index is 9.74. The van der Waals surface area contributed by atoms with E-state index in [1.165, 1.54) is 19.3 Å². The highest BCUT2D eigenvalue weighted by molar-refractivity contribution is 5.03. The minimum Gasteiger partial charge on any atom is -0.394 e. The van der Waals surface area contributed by atoms with Gasteiger partial charge in [0.1, 0.15) is 0 Å². The first-order chi connectivity index (χ1) is 8.73. The van der Waals surface area contributed by atoms with Gasteiger partial charge in [0.15, 0.2) is 0 Å². The molecule has 2 aliphatic rings. The summed E-state index contributed by atoms with van der Waals surface area (Å²) in [7, 11) is 1.76. The summed E-state index contributed by atoms with van der Waals surface area (Å²) >= 11 is 0. The van der Waals surface area contributed by atoms with Crippen LogP contribution in [-0.4, -0.2) is 61.0 Å². The first kappa shape index (κ1) is 14.3. The van der Waals surface area contributed by atoms with Crippen LogP contribution >= 0.6 is 0 Å². The van der Waals surface area contributed by atoms with Crippen LogP contribution in [0.15, 0.2) is 0 Å². The number of hydrogen-bond acceptors (Lipinski definition) is 4. The zero-order valence-electron chi connectivity index (χ0n) is 11.8. The van der Waals surface area contributed by atoms with E-state index in [4.69, 9.17) is 4.74 Å². The van der Waals surface area contributed by atoms with E-state index in [9.17, 15) is 5.11 Å². The number of ether oxygens (including phenoxy) is 1. The zero-order chi connectivity index (χ0) is 13.0. The lowest BCUT2D eigenvalue weighted by Crippen LogP contribution is -2.49. The molecule has 2 saturated carbocycles. The average molecular weight is 256 g/mol. The Morgan fingerprint density at radius 3 is 2.72 bits per heavy atom. The Bertz CT molecular complexity index is 258. The van der Waals surface area contributed by atoms with Crippen LogP contribution < -0.4 is 5.32 Å². The van der Waals surface area contributed by atoms with Crippen molar-refractivity contribution in [1.29, 1.82) is 0 Å². The Kier molecular flexibility index (Phi) is 5.01. The van der Waals surface area contributed by atoms with Gasteiger partial charge in [0.25, 0.3) is 0 Å². The quantitative estimate of drug-likeness (QED) is 0.680. The van der Waals surface area contributed by atoms with Crippen LogP contribution in [0.5, 0.6) is 0 Å². The van der Waals surface area contributed by atoms with Gasteiger partial charge < -0.3 is 15.2 Å². The van der Waals surface area contributed by atoms with Crippen LogP contribution in [-0.2, 0) is 4.74 Å². The maximum absolute atomic E-state index is 9.74. The van der Waals surface area contributed by atoms with Crippen molar-refractivity contribution >= 4 is 0 Å². The molecule has 0 aromatic heterocycles. The third-order valence-corrected chi connectivity index (χ3v) is 4.48. The molecule has 0 aromatic rings. The van der Waals surface area contributed by atoms with Crippen molar-refractivity contribution in [2.45, 2.75) is 56.7 Å². The highest BCUT2D eigenvalue weighted by Gasteiger charge is 2.43. The summed E-state index contributed by atoms with van der Waals surface area (Å²) in [5.74, 6) is 0. The fourth-order valence-corrected chi connectivity index (χ4v) is 3.20. The SMILES string of the molecule is CCN(CCOC)C1CCC(CO)(NC2CC2)C1. The van der Waals surface area contributed by atoms with Gasteiger partial charge in [-0.25, -0.2) is 0 Å². The molecule has 0 amide bonds. The van der Waals surface area contributed by atoms with E-state index in [2.05, 4.69) is 17.1 Å². The van der Waals surface area contributed by atoms with E-state index < -0.39 is 0 Å². The van der Waals surface area contributed by atoms with Crippen molar-refractivity contribution in [3.05, 3.63) is 0 Å². The normalized spacial score (nSPS) is 32.3. The molecule has 0 bridgehead atoms. The van der Waals surface area contributed by atoms with E-state index in [0.717, 1.165) is 32.5 Å². The molecule has 2 atom stereocenters. The predicted molar refractivity (Wildman–Crippen MR) is 72.7 cm³/mol. The Hall–Kier alpha value is -0.160. The number of rotatable bonds is 8. The minimum absolute atomic E-state index is 0.00761. The van der Waals surface area contributed by atoms with Crippen molar-refractivity contribution in [2.75, 3.05) is 33.4 Å². The Labute approximate surface area is 111 Å². The Morgan fingerprint density at radius 1 is 1.39 bits per heavy atom. The summed E-state index contributed by atoms with van der Waals surface area (Å²) in [6, 6.07) is 1.27. The van der Waals surface area contributed by atoms with Crippen molar-refractivity contribution < 1.29 is 9.84 Å². The van der Waals surface area contributed by atoms with Gasteiger partial charge >= 0.3 is 0 Å². The molecular formula is C14H28N2O2. The van der Waals surface area contributed by atoms with Gasteiger partial charge in [-0.1, -0.05) is 6.92 Å². The van der Waals surface area contributed by atoms with Crippen molar-refractivity contribution in [3.63, 3.8) is 0 Å². The monoisotopic (exact) mass is 256 g/mol. The largest absolute Gasteiger partial charge is 0.394 e. The third kappa shape index (κ3) is 3.44. The smallest absolute Gasteiger partial charge is 0.0614 e. The van der Waals surface area contributed by atoms with Crippen LogP contribution in [0.2, 0.25) is 0 Å². The first-order valence-corrected chi connectivity index (χ1v) is 7.34. The number of aliphatic hydroxyl groups excluding tert-OH is 1. The zero-order valence-corrected chi connectivity index (χ0v) is 11.8. The number of aliphatic hydroxyl groups is 1. The lowest BCUT2D eigenvalue weighted by Gasteiger charge is -2.32. The van der Waals surface area contributed by atoms with Crippen LogP contribution in [0.1, 0.15) is 39.0 Å². The third-order valence-electron chi connectivity index (χ3n) is 4.48. The molecule has 2 unspecified atom stereocenters. The number of likely N-dealkylation sites (N-methyl/N-ethyl adjacent to an activating group) is 1. The molecule has 18 heavy (non-hydrogen) atoms. The van der Waals surface area contributed by atoms with Crippen molar-refractivity contribution in [2.24, 2.45) is 0 Å². The molecule has 106 valence electrons. The van der Waals surface area contributed by atoms with E-state index in [0.29, 0.717) is 12.1 Å². The maximum Gasteiger partial charge on any atom is 0.0614 e. The van der Waals surface area contributed by atoms with Gasteiger partial charge in [-0.15, -0.1) is 0 Å². The molecule has 0 heterocycles. The standard InChI is InChI=1S/C14H28N2O2/c1-3-16(8-9-18-2)13-6-7-14(10-13,11-17)15-12-4-5-12/h12-13,15,17H,3-11H2,1-2H3. The number of nitrogens with zero attached hydrogens (tertiary/aromatic N) is 1. The lowest BCUT2D eigenvalue weighted by atomic mass is 9.98. The van der Waals surface area contributed by atoms with Crippen LogP contribution in [0.4, 0.5) is 0 Å². The molecule has 4 heteroatoms. The lowest BCUT2D eigenvalue weighted by molar-refractivity contribution is 0.112. The second kappa shape index (κ2) is 6.33. The summed E-state index contributed by atoms with van der Waals surface area (Å²) in [6.45, 7) is 5.36. The summed E-state index contributed by atoms with van der Waals surface area (Å²) in [5.41, 5.74) is -0.00761. The molecule has 2 rings (SSSR count). The van der Waals surface area contributed by atoms with Gasteiger partial charge in [0.05, 0.1) is 13.2 Å². The van der Waals surface area contributed by atoms with Gasteiger partial charge in [0, 0.05) is 31.3 Å². The van der Waals surface area contributed by atoms with Crippen LogP contribution in [0.25, 0.3) is 0 Å². The molecular weight excluding hydrogens is 228 g/mol. The van der Waals surface area contributed by atoms with E-state index >= 15 is 0 Å². The second-order valence-electron chi connectivity index (χ2n) is 5.88. The molecule has 0 aromatic carbocycles. The van der Waals surface area contributed by atoms with E-state index in [1.807, 2.05) is 0 Å². The first-order valence-electron chi connectivity index (χ1n) is 7.34. The number of nitrogens with one attached hydrogen (secondary N) is 1. The fourth-order valence-electron chi connectivity index (χ4n) is 3.20. The predicted octanol–water partition coefficient (Wildman–Crippen LogP) is 0.990. The molecule has 2 aliphatic carbocycles. The van der Waals surface area contributed by atoms with Gasteiger partial charge in [-0.2, -0.15) is 0 Å². The molecule has 0 radical (unpaired) electrons. The molecule has 0 spiro atoms. The number of methoxy groups -OCH3 is 1. The molecule has 2 fully saturated rings. The summed E-state index contributed by atoms with van der Waals surface area (Å²) in [5, 5.41) is 13.4. The summed E-state index contributed by atoms with van der Waals surface area (Å²) < 4.78 is 5.18. The Balaban J connectivity index is 1.87. The minimum atomic E-state index is -0.00761. The number of hydrogen-bond donors (Lipinski definition) is 2. The molecule has 0 saturated heterocycles. The highest BCUT2D eigenvalue weighted by Crippen LogP contribution is 2.35. The van der Waals surface area contributed by atoms with Crippen molar-refractivity contribution in [3.8, 4) is 0 Å². The van der Waals surface area contributed by atoms with E-state index in [-0.39, 0.29) is 12.1 Å². The van der Waals surface area contributed by atoms with Gasteiger partial charge in [0.2, 0.25) is 0 Å². The fraction of sp³-hybridized carbons (Fsp3) is 1.00. The van der Waals surface area contributed by atoms with Crippen LogP contribution in [0.3, 0.4) is 0 Å². The molecule has 0 aliphatic heterocycles. The Morgan fingerprint density at radius 2 is 2.17 bits per heavy atom. The molecule has 2 N–H and O–H groups in total. The van der Waals surface area contributed by atoms with E-state index in [1.54, 1.807) is 7.11 Å². The second-order valence-corrected chi connectivity index (χ2v) is 5.88. The highest BCUT2D eigenvalue weighted by atomic mass is 16.5. The average Bonchev–Trinajstić information content (AvgIpc) is 3.09. The van der Waals surface area contributed by atoms with Gasteiger partial charge in [-0.3, -0.25) is 4.90 Å². The van der Waals surface area contributed by atoms with Gasteiger partial charge in [-0.05, 0) is 38.6 Å². The van der Waals surface area contributed by atoms with Crippen LogP contribution in [0, 0.1) is 0 Å².